The van der Waals surface area contributed by atoms with Gasteiger partial charge >= 0.3 is 0 Å². The van der Waals surface area contributed by atoms with Crippen molar-refractivity contribution in [1.29, 1.82) is 0 Å². The van der Waals surface area contributed by atoms with Crippen LogP contribution in [0.4, 0.5) is 0 Å². The van der Waals surface area contributed by atoms with Gasteiger partial charge in [-0.25, -0.2) is 4.98 Å². The van der Waals surface area contributed by atoms with Gasteiger partial charge in [-0.3, -0.25) is 9.20 Å². The van der Waals surface area contributed by atoms with Gasteiger partial charge in [0, 0.05) is 30.2 Å². The molecule has 0 unspecified atom stereocenters. The third-order valence-corrected chi connectivity index (χ3v) is 5.27. The lowest BCUT2D eigenvalue weighted by atomic mass is 9.93. The minimum Gasteiger partial charge on any atom is -0.304 e. The Labute approximate surface area is 158 Å². The molecular formula is C21H27N3OS. The summed E-state index contributed by atoms with van der Waals surface area (Å²) in [5, 5.41) is 5.48. The summed E-state index contributed by atoms with van der Waals surface area (Å²) in [6.07, 6.45) is 2.87. The second kappa shape index (κ2) is 8.14. The molecule has 1 N–H and O–H groups in total. The first kappa shape index (κ1) is 18.8. The third-order valence-electron chi connectivity index (χ3n) is 4.51. The molecule has 1 atom stereocenters. The monoisotopic (exact) mass is 369 g/mol. The molecule has 0 fully saturated rings. The fourth-order valence-corrected chi connectivity index (χ4v) is 4.00. The molecule has 2 heterocycles. The molecule has 3 aromatic rings. The fourth-order valence-electron chi connectivity index (χ4n) is 3.26. The molecule has 4 nitrogen and oxygen atoms in total. The number of hydrogen-bond acceptors (Lipinski definition) is 4. The highest BCUT2D eigenvalue weighted by atomic mass is 32.1. The number of nitrogens with zero attached hydrogens (tertiary/aromatic N) is 2. The molecule has 0 spiro atoms. The van der Waals surface area contributed by atoms with E-state index in [9.17, 15) is 4.79 Å². The molecule has 0 bridgehead atoms. The number of nitrogens with one attached hydrogen (secondary N) is 1. The second-order valence-corrected chi connectivity index (χ2v) is 8.46. The number of rotatable bonds is 7. The molecule has 0 aliphatic rings. The van der Waals surface area contributed by atoms with Crippen molar-refractivity contribution in [2.24, 2.45) is 11.8 Å². The van der Waals surface area contributed by atoms with Crippen molar-refractivity contribution in [1.82, 2.24) is 14.7 Å². The van der Waals surface area contributed by atoms with E-state index in [4.69, 9.17) is 0 Å². The Bertz CT molecular complexity index is 909. The molecule has 26 heavy (non-hydrogen) atoms. The second-order valence-electron chi connectivity index (χ2n) is 7.58. The smallest absolute Gasteiger partial charge is 0.258 e. The molecule has 0 aliphatic heterocycles. The van der Waals surface area contributed by atoms with Crippen LogP contribution < -0.4 is 10.9 Å². The van der Waals surface area contributed by atoms with Gasteiger partial charge in [-0.05, 0) is 29.4 Å². The summed E-state index contributed by atoms with van der Waals surface area (Å²) in [6.45, 7) is 9.49. The first-order valence-corrected chi connectivity index (χ1v) is 10.1. The third kappa shape index (κ3) is 4.40. The van der Waals surface area contributed by atoms with Crippen LogP contribution in [0.15, 0.2) is 46.7 Å². The van der Waals surface area contributed by atoms with Crippen LogP contribution in [0.2, 0.25) is 0 Å². The lowest BCUT2D eigenvalue weighted by molar-refractivity contribution is 0.408. The summed E-state index contributed by atoms with van der Waals surface area (Å²) in [4.78, 5) is 17.5. The molecule has 1 aromatic carbocycles. The average molecular weight is 370 g/mol. The van der Waals surface area contributed by atoms with Crippen molar-refractivity contribution in [3.05, 3.63) is 69.1 Å². The van der Waals surface area contributed by atoms with Crippen LogP contribution in [0.5, 0.6) is 0 Å². The summed E-state index contributed by atoms with van der Waals surface area (Å²) >= 11 is 1.48. The van der Waals surface area contributed by atoms with E-state index in [1.165, 1.54) is 22.5 Å². The van der Waals surface area contributed by atoms with Crippen molar-refractivity contribution in [2.75, 3.05) is 0 Å². The van der Waals surface area contributed by atoms with E-state index in [1.807, 2.05) is 5.38 Å². The van der Waals surface area contributed by atoms with Crippen LogP contribution in [0.1, 0.15) is 50.6 Å². The van der Waals surface area contributed by atoms with Gasteiger partial charge in [-0.15, -0.1) is 11.3 Å². The molecule has 3 rings (SSSR count). The topological polar surface area (TPSA) is 46.4 Å². The van der Waals surface area contributed by atoms with Crippen molar-refractivity contribution >= 4 is 16.3 Å². The van der Waals surface area contributed by atoms with E-state index in [1.54, 1.807) is 16.7 Å². The normalized spacial score (nSPS) is 13.0. The summed E-state index contributed by atoms with van der Waals surface area (Å²) in [6, 6.07) is 10.8. The van der Waals surface area contributed by atoms with Crippen LogP contribution in [0.25, 0.3) is 4.96 Å². The Kier molecular flexibility index (Phi) is 5.89. The highest BCUT2D eigenvalue weighted by Crippen LogP contribution is 2.23. The van der Waals surface area contributed by atoms with E-state index in [0.717, 1.165) is 17.1 Å². The number of aromatic nitrogens is 2. The summed E-state index contributed by atoms with van der Waals surface area (Å²) in [7, 11) is 0. The SMILES string of the molecule is CC(C)Cc1ccc([C@@H](NCc2cc(=O)n3ccsc3n2)C(C)C)cc1. The van der Waals surface area contributed by atoms with E-state index in [-0.39, 0.29) is 11.6 Å². The van der Waals surface area contributed by atoms with Crippen molar-refractivity contribution in [2.45, 2.75) is 46.7 Å². The maximum absolute atomic E-state index is 12.1. The maximum atomic E-state index is 12.1. The Hall–Kier alpha value is -1.98. The zero-order valence-electron chi connectivity index (χ0n) is 15.9. The van der Waals surface area contributed by atoms with Crippen molar-refractivity contribution < 1.29 is 0 Å². The molecule has 5 heteroatoms. The van der Waals surface area contributed by atoms with Crippen LogP contribution in [-0.4, -0.2) is 9.38 Å². The largest absolute Gasteiger partial charge is 0.304 e. The minimum atomic E-state index is -0.0211. The maximum Gasteiger partial charge on any atom is 0.258 e. The molecule has 0 aliphatic carbocycles. The standard InChI is InChI=1S/C21H27N3OS/c1-14(2)11-16-5-7-17(8-6-16)20(15(3)4)22-13-18-12-19(25)24-9-10-26-21(24)23-18/h5-10,12,14-15,20,22H,11,13H2,1-4H3/t20-/m0/s1. The minimum absolute atomic E-state index is 0.0211. The van der Waals surface area contributed by atoms with Gasteiger partial charge in [0.2, 0.25) is 0 Å². The van der Waals surface area contributed by atoms with E-state index < -0.39 is 0 Å². The molecule has 0 saturated carbocycles. The van der Waals surface area contributed by atoms with Gasteiger partial charge in [0.05, 0.1) is 5.69 Å². The number of fused-ring (bicyclic) bond motifs is 1. The van der Waals surface area contributed by atoms with Gasteiger partial charge < -0.3 is 5.32 Å². The van der Waals surface area contributed by atoms with Crippen LogP contribution >= 0.6 is 11.3 Å². The van der Waals surface area contributed by atoms with E-state index in [2.05, 4.69) is 62.3 Å². The quantitative estimate of drug-likeness (QED) is 0.670. The fraction of sp³-hybridized carbons (Fsp3) is 0.429. The molecule has 0 saturated heterocycles. The molecule has 2 aromatic heterocycles. The van der Waals surface area contributed by atoms with Crippen LogP contribution in [-0.2, 0) is 13.0 Å². The Morgan fingerprint density at radius 3 is 2.54 bits per heavy atom. The number of benzene rings is 1. The van der Waals surface area contributed by atoms with Gasteiger partial charge in [0.15, 0.2) is 4.96 Å². The van der Waals surface area contributed by atoms with Gasteiger partial charge in [-0.2, -0.15) is 0 Å². The van der Waals surface area contributed by atoms with Gasteiger partial charge in [0.25, 0.3) is 5.56 Å². The summed E-state index contributed by atoms with van der Waals surface area (Å²) in [5.74, 6) is 1.11. The molecule has 138 valence electrons. The van der Waals surface area contributed by atoms with E-state index >= 15 is 0 Å². The van der Waals surface area contributed by atoms with Crippen LogP contribution in [0.3, 0.4) is 0 Å². The Morgan fingerprint density at radius 1 is 1.15 bits per heavy atom. The number of thiazole rings is 1. The molecule has 0 amide bonds. The zero-order chi connectivity index (χ0) is 18.7. The van der Waals surface area contributed by atoms with Crippen LogP contribution in [0, 0.1) is 11.8 Å². The van der Waals surface area contributed by atoms with Crippen molar-refractivity contribution in [3.8, 4) is 0 Å². The molecular weight excluding hydrogens is 342 g/mol. The highest BCUT2D eigenvalue weighted by molar-refractivity contribution is 7.15. The predicted molar refractivity (Wildman–Crippen MR) is 109 cm³/mol. The summed E-state index contributed by atoms with van der Waals surface area (Å²) < 4.78 is 1.58. The highest BCUT2D eigenvalue weighted by Gasteiger charge is 2.16. The average Bonchev–Trinajstić information content (AvgIpc) is 3.05. The predicted octanol–water partition coefficient (Wildman–Crippen LogP) is 4.44. The summed E-state index contributed by atoms with van der Waals surface area (Å²) in [5.41, 5.74) is 3.43. The van der Waals surface area contributed by atoms with E-state index in [0.29, 0.717) is 18.4 Å². The van der Waals surface area contributed by atoms with Gasteiger partial charge in [0.1, 0.15) is 0 Å². The first-order chi connectivity index (χ1) is 12.4. The number of hydrogen-bond donors (Lipinski definition) is 1. The van der Waals surface area contributed by atoms with Crippen molar-refractivity contribution in [3.63, 3.8) is 0 Å². The van der Waals surface area contributed by atoms with Gasteiger partial charge in [-0.1, -0.05) is 52.0 Å². The Balaban J connectivity index is 1.74. The Morgan fingerprint density at radius 2 is 1.88 bits per heavy atom. The lowest BCUT2D eigenvalue weighted by Gasteiger charge is -2.23. The lowest BCUT2D eigenvalue weighted by Crippen LogP contribution is -2.27. The zero-order valence-corrected chi connectivity index (χ0v) is 16.7. The molecule has 0 radical (unpaired) electrons. The first-order valence-electron chi connectivity index (χ1n) is 9.22.